The van der Waals surface area contributed by atoms with E-state index in [9.17, 15) is 9.90 Å². The predicted octanol–water partition coefficient (Wildman–Crippen LogP) is 6.11. The van der Waals surface area contributed by atoms with E-state index in [0.717, 1.165) is 25.7 Å². The molecule has 4 heteroatoms. The minimum atomic E-state index is -0.579. The maximum atomic E-state index is 12.2. The molecule has 29 heavy (non-hydrogen) atoms. The molecule has 164 valence electrons. The zero-order valence-corrected chi connectivity index (χ0v) is 18.9. The SMILES string of the molecule is CCCCCCCCc1ccc([C@H]2CC[C@@](CO)(NC(=O)OC(C)(C)C)C2)cc1. The van der Waals surface area contributed by atoms with Crippen molar-refractivity contribution in [1.82, 2.24) is 5.32 Å². The Morgan fingerprint density at radius 3 is 2.41 bits per heavy atom. The van der Waals surface area contributed by atoms with E-state index < -0.39 is 17.2 Å². The monoisotopic (exact) mass is 403 g/mol. The van der Waals surface area contributed by atoms with Gasteiger partial charge in [-0.1, -0.05) is 63.3 Å². The number of nitrogens with one attached hydrogen (secondary N) is 1. The summed E-state index contributed by atoms with van der Waals surface area (Å²) >= 11 is 0. The van der Waals surface area contributed by atoms with Gasteiger partial charge in [0.2, 0.25) is 0 Å². The van der Waals surface area contributed by atoms with Crippen molar-refractivity contribution in [1.29, 1.82) is 0 Å². The molecular formula is C25H41NO3. The van der Waals surface area contributed by atoms with Gasteiger partial charge in [0, 0.05) is 0 Å². The molecule has 0 spiro atoms. The van der Waals surface area contributed by atoms with Crippen molar-refractivity contribution in [2.45, 2.75) is 109 Å². The Morgan fingerprint density at radius 2 is 1.79 bits per heavy atom. The van der Waals surface area contributed by atoms with Crippen molar-refractivity contribution in [3.63, 3.8) is 0 Å². The van der Waals surface area contributed by atoms with Gasteiger partial charge in [-0.25, -0.2) is 4.79 Å². The number of unbranched alkanes of at least 4 members (excludes halogenated alkanes) is 5. The number of benzene rings is 1. The minimum absolute atomic E-state index is 0.0567. The molecular weight excluding hydrogens is 362 g/mol. The van der Waals surface area contributed by atoms with Gasteiger partial charge in [0.25, 0.3) is 0 Å². The van der Waals surface area contributed by atoms with E-state index in [1.807, 2.05) is 20.8 Å². The highest BCUT2D eigenvalue weighted by Crippen LogP contribution is 2.41. The van der Waals surface area contributed by atoms with Crippen LogP contribution in [0, 0.1) is 0 Å². The fourth-order valence-corrected chi connectivity index (χ4v) is 4.29. The van der Waals surface area contributed by atoms with Gasteiger partial charge < -0.3 is 15.2 Å². The topological polar surface area (TPSA) is 58.6 Å². The van der Waals surface area contributed by atoms with Crippen LogP contribution >= 0.6 is 0 Å². The molecule has 2 rings (SSSR count). The Labute approximate surface area is 177 Å². The molecule has 0 aliphatic heterocycles. The number of aliphatic hydroxyl groups excluding tert-OH is 1. The Kier molecular flexibility index (Phi) is 9.01. The van der Waals surface area contributed by atoms with Crippen molar-refractivity contribution in [3.8, 4) is 0 Å². The Balaban J connectivity index is 1.84. The molecule has 1 saturated carbocycles. The van der Waals surface area contributed by atoms with E-state index in [4.69, 9.17) is 4.74 Å². The molecule has 0 bridgehead atoms. The summed E-state index contributed by atoms with van der Waals surface area (Å²) < 4.78 is 5.39. The van der Waals surface area contributed by atoms with E-state index in [0.29, 0.717) is 5.92 Å². The molecule has 1 fully saturated rings. The molecule has 0 unspecified atom stereocenters. The average molecular weight is 404 g/mol. The lowest BCUT2D eigenvalue weighted by atomic mass is 9.92. The number of hydrogen-bond donors (Lipinski definition) is 2. The average Bonchev–Trinajstić information content (AvgIpc) is 3.08. The van der Waals surface area contributed by atoms with Crippen LogP contribution in [0.15, 0.2) is 24.3 Å². The first-order valence-corrected chi connectivity index (χ1v) is 11.5. The summed E-state index contributed by atoms with van der Waals surface area (Å²) in [4.78, 5) is 12.2. The van der Waals surface area contributed by atoms with E-state index in [2.05, 4.69) is 36.5 Å². The number of carbonyl (C=O) groups excluding carboxylic acids is 1. The lowest BCUT2D eigenvalue weighted by molar-refractivity contribution is 0.0401. The fourth-order valence-electron chi connectivity index (χ4n) is 4.29. The summed E-state index contributed by atoms with van der Waals surface area (Å²) in [5, 5.41) is 12.9. The van der Waals surface area contributed by atoms with E-state index in [-0.39, 0.29) is 6.61 Å². The molecule has 1 aliphatic carbocycles. The number of amides is 1. The highest BCUT2D eigenvalue weighted by Gasteiger charge is 2.41. The lowest BCUT2D eigenvalue weighted by Crippen LogP contribution is -2.51. The largest absolute Gasteiger partial charge is 0.444 e. The molecule has 2 N–H and O–H groups in total. The van der Waals surface area contributed by atoms with Gasteiger partial charge in [-0.3, -0.25) is 0 Å². The highest BCUT2D eigenvalue weighted by atomic mass is 16.6. The number of carbonyl (C=O) groups is 1. The second-order valence-electron chi connectivity index (χ2n) is 9.76. The van der Waals surface area contributed by atoms with Gasteiger partial charge in [0.05, 0.1) is 12.1 Å². The third-order valence-corrected chi connectivity index (χ3v) is 5.95. The molecule has 1 aromatic rings. The molecule has 4 nitrogen and oxygen atoms in total. The molecule has 0 aromatic heterocycles. The van der Waals surface area contributed by atoms with Gasteiger partial charge >= 0.3 is 6.09 Å². The van der Waals surface area contributed by atoms with E-state index in [1.54, 1.807) is 0 Å². The van der Waals surface area contributed by atoms with Gasteiger partial charge in [-0.15, -0.1) is 0 Å². The maximum absolute atomic E-state index is 12.2. The van der Waals surface area contributed by atoms with Gasteiger partial charge in [0.1, 0.15) is 5.60 Å². The number of rotatable bonds is 10. The van der Waals surface area contributed by atoms with Crippen LogP contribution in [-0.2, 0) is 11.2 Å². The zero-order valence-electron chi connectivity index (χ0n) is 18.9. The number of aliphatic hydroxyl groups is 1. The van der Waals surface area contributed by atoms with Crippen LogP contribution in [0.3, 0.4) is 0 Å². The maximum Gasteiger partial charge on any atom is 0.408 e. The number of ether oxygens (including phenoxy) is 1. The first kappa shape index (κ1) is 23.7. The number of aryl methyl sites for hydroxylation is 1. The molecule has 0 saturated heterocycles. The summed E-state index contributed by atoms with van der Waals surface area (Å²) in [5.74, 6) is 0.361. The van der Waals surface area contributed by atoms with Crippen LogP contribution in [-0.4, -0.2) is 28.9 Å². The minimum Gasteiger partial charge on any atom is -0.444 e. The van der Waals surface area contributed by atoms with Crippen molar-refractivity contribution in [3.05, 3.63) is 35.4 Å². The standard InChI is InChI=1S/C25H41NO3/c1-5-6-7-8-9-10-11-20-12-14-21(15-13-20)22-16-17-25(18-22,19-27)26-23(28)29-24(2,3)4/h12-15,22,27H,5-11,16-19H2,1-4H3,(H,26,28)/t22-,25+/m0/s1. The van der Waals surface area contributed by atoms with Crippen LogP contribution in [0.1, 0.15) is 103 Å². The van der Waals surface area contributed by atoms with Crippen molar-refractivity contribution in [2.24, 2.45) is 0 Å². The summed E-state index contributed by atoms with van der Waals surface area (Å²) in [6, 6.07) is 8.97. The molecule has 2 atom stereocenters. The van der Waals surface area contributed by atoms with Crippen LogP contribution in [0.5, 0.6) is 0 Å². The smallest absolute Gasteiger partial charge is 0.408 e. The second-order valence-corrected chi connectivity index (χ2v) is 9.76. The third-order valence-electron chi connectivity index (χ3n) is 5.95. The summed E-state index contributed by atoms with van der Waals surface area (Å²) in [7, 11) is 0. The Hall–Kier alpha value is -1.55. The molecule has 1 aromatic carbocycles. The van der Waals surface area contributed by atoms with E-state index in [1.165, 1.54) is 49.7 Å². The van der Waals surface area contributed by atoms with Crippen LogP contribution in [0.2, 0.25) is 0 Å². The van der Waals surface area contributed by atoms with Gasteiger partial charge in [-0.2, -0.15) is 0 Å². The molecule has 0 heterocycles. The Morgan fingerprint density at radius 1 is 1.14 bits per heavy atom. The second kappa shape index (κ2) is 11.0. The fraction of sp³-hybridized carbons (Fsp3) is 0.720. The van der Waals surface area contributed by atoms with Crippen molar-refractivity contribution in [2.75, 3.05) is 6.61 Å². The lowest BCUT2D eigenvalue weighted by Gasteiger charge is -2.30. The highest BCUT2D eigenvalue weighted by molar-refractivity contribution is 5.69. The first-order chi connectivity index (χ1) is 13.8. The van der Waals surface area contributed by atoms with E-state index >= 15 is 0 Å². The number of hydrogen-bond acceptors (Lipinski definition) is 3. The first-order valence-electron chi connectivity index (χ1n) is 11.5. The predicted molar refractivity (Wildman–Crippen MR) is 119 cm³/mol. The molecule has 0 radical (unpaired) electrons. The third kappa shape index (κ3) is 8.00. The normalized spacial score (nSPS) is 21.9. The van der Waals surface area contributed by atoms with Gasteiger partial charge in [0.15, 0.2) is 0 Å². The van der Waals surface area contributed by atoms with Gasteiger partial charge in [-0.05, 0) is 69.9 Å². The molecule has 1 aliphatic rings. The summed E-state index contributed by atoms with van der Waals surface area (Å²) in [5.41, 5.74) is 1.59. The Bertz CT molecular complexity index is 620. The summed E-state index contributed by atoms with van der Waals surface area (Å²) in [6.45, 7) is 7.75. The van der Waals surface area contributed by atoms with Crippen molar-refractivity contribution >= 4 is 6.09 Å². The van der Waals surface area contributed by atoms with Crippen molar-refractivity contribution < 1.29 is 14.6 Å². The van der Waals surface area contributed by atoms with Crippen LogP contribution in [0.4, 0.5) is 4.79 Å². The number of alkyl carbamates (subject to hydrolysis) is 1. The van der Waals surface area contributed by atoms with Crippen LogP contribution < -0.4 is 5.32 Å². The zero-order chi connectivity index (χ0) is 21.3. The molecule has 1 amide bonds. The van der Waals surface area contributed by atoms with Crippen LogP contribution in [0.25, 0.3) is 0 Å². The summed E-state index contributed by atoms with van der Waals surface area (Å²) in [6.07, 6.45) is 11.1. The quantitative estimate of drug-likeness (QED) is 0.463.